The number of carbonyl (C=O) groups is 2. The van der Waals surface area contributed by atoms with Gasteiger partial charge in [0.05, 0.1) is 13.0 Å². The second-order valence-corrected chi connectivity index (χ2v) is 7.22. The Morgan fingerprint density at radius 2 is 1.45 bits per heavy atom. The summed E-state index contributed by atoms with van der Waals surface area (Å²) in [4.78, 5) is 24.3. The van der Waals surface area contributed by atoms with E-state index in [0.29, 0.717) is 4.90 Å². The van der Waals surface area contributed by atoms with E-state index in [1.807, 2.05) is 0 Å². The molecule has 0 spiro atoms. The Morgan fingerprint density at radius 3 is 1.77 bits per heavy atom. The monoisotopic (exact) mass is 495 g/mol. The van der Waals surface area contributed by atoms with Gasteiger partial charge in [-0.2, -0.15) is 43.5 Å². The quantitative estimate of drug-likeness (QED) is 0.163. The van der Waals surface area contributed by atoms with E-state index in [1.165, 1.54) is 0 Å². The van der Waals surface area contributed by atoms with Gasteiger partial charge in [-0.25, -0.2) is 4.79 Å². The van der Waals surface area contributed by atoms with E-state index < -0.39 is 77.1 Å². The molecule has 0 aliphatic rings. The lowest BCUT2D eigenvalue weighted by Gasteiger charge is -2.36. The van der Waals surface area contributed by atoms with Crippen LogP contribution in [0, 0.1) is 0 Å². The molecule has 0 radical (unpaired) electrons. The molecule has 1 N–H and O–H groups in total. The van der Waals surface area contributed by atoms with Crippen molar-refractivity contribution in [3.63, 3.8) is 0 Å². The van der Waals surface area contributed by atoms with Crippen LogP contribution in [0.5, 0.6) is 0 Å². The fraction of sp³-hybridized carbons (Fsp3) is 0.714. The highest BCUT2D eigenvalue weighted by Gasteiger charge is 2.68. The highest BCUT2D eigenvalue weighted by Crippen LogP contribution is 2.39. The van der Waals surface area contributed by atoms with Crippen LogP contribution in [0.3, 0.4) is 0 Å². The normalized spacial score (nSPS) is 15.2. The van der Waals surface area contributed by atoms with Gasteiger partial charge in [-0.3, -0.25) is 9.35 Å². The molecule has 0 aliphatic carbocycles. The van der Waals surface area contributed by atoms with Crippen LogP contribution in [-0.2, 0) is 29.2 Å². The van der Waals surface area contributed by atoms with Gasteiger partial charge in [0.15, 0.2) is 0 Å². The highest BCUT2D eigenvalue weighted by atomic mass is 32.2. The third-order valence-corrected chi connectivity index (χ3v) is 4.57. The second-order valence-electron chi connectivity index (χ2n) is 5.67. The molecule has 0 saturated carbocycles. The predicted octanol–water partition coefficient (Wildman–Crippen LogP) is 2.66. The standard InChI is InChI=1S/C14H17F8NO7S/c1-4-23(5-2)10(25)12(14(20,21)22,30-9(24)8(3)13(17,18)19)29-7-6-11(15,16)31(26,27)28/h3-7H2,1-2H3,(H,26,27,28). The molecular weight excluding hydrogens is 478 g/mol. The van der Waals surface area contributed by atoms with Crippen molar-refractivity contribution in [2.24, 2.45) is 0 Å². The maximum Gasteiger partial charge on any atom is 0.466 e. The lowest BCUT2D eigenvalue weighted by molar-refractivity contribution is -0.352. The summed E-state index contributed by atoms with van der Waals surface area (Å²) >= 11 is 0. The first-order chi connectivity index (χ1) is 13.7. The minimum absolute atomic E-state index is 0.304. The number of nitrogens with zero attached hydrogens (tertiary/aromatic N) is 1. The van der Waals surface area contributed by atoms with E-state index in [0.717, 1.165) is 13.8 Å². The van der Waals surface area contributed by atoms with E-state index in [9.17, 15) is 53.1 Å². The van der Waals surface area contributed by atoms with E-state index in [-0.39, 0.29) is 0 Å². The van der Waals surface area contributed by atoms with Crippen molar-refractivity contribution in [1.82, 2.24) is 4.90 Å². The molecule has 0 aromatic heterocycles. The average molecular weight is 495 g/mol. The van der Waals surface area contributed by atoms with Crippen LogP contribution in [0.2, 0.25) is 0 Å². The number of rotatable bonds is 10. The van der Waals surface area contributed by atoms with Crippen molar-refractivity contribution in [2.75, 3.05) is 19.7 Å². The van der Waals surface area contributed by atoms with Crippen LogP contribution in [0.15, 0.2) is 12.2 Å². The van der Waals surface area contributed by atoms with Crippen molar-refractivity contribution in [3.8, 4) is 0 Å². The molecule has 0 aliphatic heterocycles. The van der Waals surface area contributed by atoms with Gasteiger partial charge in [-0.05, 0) is 13.8 Å². The molecule has 17 heteroatoms. The van der Waals surface area contributed by atoms with Crippen molar-refractivity contribution in [1.29, 1.82) is 0 Å². The minimum atomic E-state index is -6.12. The summed E-state index contributed by atoms with van der Waals surface area (Å²) < 4.78 is 143. The molecule has 1 atom stereocenters. The molecular formula is C14H17F8NO7S. The van der Waals surface area contributed by atoms with Gasteiger partial charge >= 0.3 is 45.4 Å². The molecule has 0 aromatic rings. The van der Waals surface area contributed by atoms with Gasteiger partial charge in [-0.15, -0.1) is 0 Å². The number of halogens is 8. The molecule has 0 aromatic carbocycles. The fourth-order valence-electron chi connectivity index (χ4n) is 1.87. The van der Waals surface area contributed by atoms with Crippen LogP contribution < -0.4 is 0 Å². The number of amides is 1. The maximum absolute atomic E-state index is 13.7. The summed E-state index contributed by atoms with van der Waals surface area (Å²) in [6.45, 7) is 1.47. The van der Waals surface area contributed by atoms with Crippen molar-refractivity contribution in [2.45, 2.75) is 43.7 Å². The summed E-state index contributed by atoms with van der Waals surface area (Å²) in [5.74, 6) is -9.92. The van der Waals surface area contributed by atoms with Crippen LogP contribution in [0.25, 0.3) is 0 Å². The molecule has 1 amide bonds. The van der Waals surface area contributed by atoms with Crippen LogP contribution >= 0.6 is 0 Å². The molecule has 0 bridgehead atoms. The van der Waals surface area contributed by atoms with Crippen LogP contribution in [0.1, 0.15) is 20.3 Å². The van der Waals surface area contributed by atoms with Gasteiger partial charge in [0.1, 0.15) is 5.57 Å². The van der Waals surface area contributed by atoms with Crippen molar-refractivity contribution < 1.29 is 67.2 Å². The Balaban J connectivity index is 6.31. The van der Waals surface area contributed by atoms with Crippen LogP contribution in [0.4, 0.5) is 35.1 Å². The summed E-state index contributed by atoms with van der Waals surface area (Å²) in [6.07, 6.45) is -13.9. The van der Waals surface area contributed by atoms with E-state index in [2.05, 4.69) is 16.1 Å². The molecule has 0 rings (SSSR count). The third kappa shape index (κ3) is 6.73. The number of carbonyl (C=O) groups excluding carboxylic acids is 2. The Bertz CT molecular complexity index is 789. The van der Waals surface area contributed by atoms with Gasteiger partial charge in [0.25, 0.3) is 0 Å². The van der Waals surface area contributed by atoms with Crippen molar-refractivity contribution >= 4 is 22.0 Å². The summed E-state index contributed by atoms with van der Waals surface area (Å²) in [5, 5.41) is -5.05. The zero-order chi connectivity index (χ0) is 25.1. The summed E-state index contributed by atoms with van der Waals surface area (Å²) in [6, 6.07) is 0. The molecule has 31 heavy (non-hydrogen) atoms. The van der Waals surface area contributed by atoms with Gasteiger partial charge in [-0.1, -0.05) is 6.58 Å². The number of likely N-dealkylation sites (N-methyl/N-ethyl adjacent to an activating group) is 1. The lowest BCUT2D eigenvalue weighted by Crippen LogP contribution is -2.62. The lowest BCUT2D eigenvalue weighted by atomic mass is 10.2. The summed E-state index contributed by atoms with van der Waals surface area (Å²) in [5.41, 5.74) is -2.47. The summed E-state index contributed by atoms with van der Waals surface area (Å²) in [7, 11) is -6.12. The average Bonchev–Trinajstić information content (AvgIpc) is 2.57. The Hall–Kier alpha value is -2.01. The smallest absolute Gasteiger partial charge is 0.412 e. The Labute approximate surface area is 170 Å². The minimum Gasteiger partial charge on any atom is -0.412 e. The van der Waals surface area contributed by atoms with E-state index in [1.54, 1.807) is 0 Å². The zero-order valence-corrected chi connectivity index (χ0v) is 16.6. The first-order valence-corrected chi connectivity index (χ1v) is 9.46. The van der Waals surface area contributed by atoms with Gasteiger partial charge in [0.2, 0.25) is 0 Å². The number of hydrogen-bond acceptors (Lipinski definition) is 6. The number of hydrogen-bond donors (Lipinski definition) is 1. The molecule has 8 nitrogen and oxygen atoms in total. The molecule has 182 valence electrons. The van der Waals surface area contributed by atoms with Crippen LogP contribution in [-0.4, -0.2) is 72.8 Å². The SMILES string of the molecule is C=C(C(=O)OC(OCCC(F)(F)S(=O)(=O)O)(C(=O)N(CC)CC)C(F)(F)F)C(F)(F)F. The second kappa shape index (κ2) is 9.64. The zero-order valence-electron chi connectivity index (χ0n) is 15.8. The van der Waals surface area contributed by atoms with E-state index in [4.69, 9.17) is 4.55 Å². The Kier molecular flexibility index (Phi) is 9.02. The fourth-order valence-corrected chi connectivity index (χ4v) is 2.21. The molecule has 1 unspecified atom stereocenters. The largest absolute Gasteiger partial charge is 0.466 e. The van der Waals surface area contributed by atoms with Gasteiger partial charge in [0, 0.05) is 13.1 Å². The first-order valence-electron chi connectivity index (χ1n) is 8.02. The number of esters is 1. The molecule has 0 saturated heterocycles. The predicted molar refractivity (Wildman–Crippen MR) is 85.1 cm³/mol. The maximum atomic E-state index is 13.7. The number of ether oxygens (including phenoxy) is 2. The third-order valence-electron chi connectivity index (χ3n) is 3.61. The number of alkyl halides is 8. The van der Waals surface area contributed by atoms with E-state index >= 15 is 0 Å². The first kappa shape index (κ1) is 29.0. The highest BCUT2D eigenvalue weighted by molar-refractivity contribution is 7.86. The molecule has 0 heterocycles. The van der Waals surface area contributed by atoms with Crippen molar-refractivity contribution in [3.05, 3.63) is 12.2 Å². The topological polar surface area (TPSA) is 110 Å². The Morgan fingerprint density at radius 1 is 1.00 bits per heavy atom. The molecule has 0 fully saturated rings. The van der Waals surface area contributed by atoms with Gasteiger partial charge < -0.3 is 14.4 Å².